The first-order valence-electron chi connectivity index (χ1n) is 9.47. The van der Waals surface area contributed by atoms with Crippen molar-refractivity contribution < 1.29 is 14.3 Å². The van der Waals surface area contributed by atoms with Crippen molar-refractivity contribution in [3.63, 3.8) is 0 Å². The summed E-state index contributed by atoms with van der Waals surface area (Å²) in [4.78, 5) is 32.1. The third-order valence-corrected chi connectivity index (χ3v) is 4.52. The van der Waals surface area contributed by atoms with Gasteiger partial charge in [-0.2, -0.15) is 0 Å². The number of nitrogens with one attached hydrogen (secondary N) is 1. The average molecular weight is 382 g/mol. The summed E-state index contributed by atoms with van der Waals surface area (Å²) in [5, 5.41) is 3.21. The molecule has 0 spiro atoms. The number of amides is 2. The van der Waals surface area contributed by atoms with Crippen LogP contribution in [-0.4, -0.2) is 58.9 Å². The minimum Gasteiger partial charge on any atom is -0.491 e. The summed E-state index contributed by atoms with van der Waals surface area (Å²) in [6, 6.07) is 11.1. The molecule has 0 unspecified atom stereocenters. The number of ether oxygens (including phenoxy) is 1. The molecule has 148 valence electrons. The van der Waals surface area contributed by atoms with Gasteiger partial charge in [-0.1, -0.05) is 0 Å². The molecular weight excluding hydrogens is 356 g/mol. The number of nitrogens with zero attached hydrogens (tertiary/aromatic N) is 3. The van der Waals surface area contributed by atoms with E-state index in [-0.39, 0.29) is 17.9 Å². The zero-order valence-electron chi connectivity index (χ0n) is 16.5. The van der Waals surface area contributed by atoms with Crippen molar-refractivity contribution >= 4 is 23.3 Å². The van der Waals surface area contributed by atoms with Gasteiger partial charge in [-0.25, -0.2) is 4.98 Å². The molecular formula is C21H26N4O3. The fraction of sp³-hybridized carbons (Fsp3) is 0.381. The molecule has 1 aliphatic heterocycles. The maximum Gasteiger partial charge on any atom is 0.254 e. The largest absolute Gasteiger partial charge is 0.491 e. The third kappa shape index (κ3) is 5.00. The lowest BCUT2D eigenvalue weighted by Gasteiger charge is -2.34. The highest BCUT2D eigenvalue weighted by atomic mass is 16.5. The first-order valence-corrected chi connectivity index (χ1v) is 9.47. The molecule has 0 atom stereocenters. The highest BCUT2D eigenvalue weighted by Crippen LogP contribution is 2.21. The Labute approximate surface area is 165 Å². The van der Waals surface area contributed by atoms with Crippen LogP contribution in [-0.2, 0) is 4.79 Å². The summed E-state index contributed by atoms with van der Waals surface area (Å²) in [6.45, 7) is 7.75. The normalized spacial score (nSPS) is 14.1. The van der Waals surface area contributed by atoms with Gasteiger partial charge >= 0.3 is 0 Å². The standard InChI is InChI=1S/C21H26N4O3/c1-15(2)28-19-6-4-18(5-7-19)23-20-14-17(8-9-22-20)21(27)25-12-10-24(11-13-25)16(3)26/h4-9,14-15H,10-13H2,1-3H3,(H,22,23). The van der Waals surface area contributed by atoms with Crippen molar-refractivity contribution in [2.75, 3.05) is 31.5 Å². The summed E-state index contributed by atoms with van der Waals surface area (Å²) in [5.41, 5.74) is 1.44. The summed E-state index contributed by atoms with van der Waals surface area (Å²) in [6.07, 6.45) is 1.75. The molecule has 0 bridgehead atoms. The van der Waals surface area contributed by atoms with Crippen molar-refractivity contribution in [1.82, 2.24) is 14.8 Å². The zero-order chi connectivity index (χ0) is 20.1. The predicted octanol–water partition coefficient (Wildman–Crippen LogP) is 2.92. The van der Waals surface area contributed by atoms with Crippen LogP contribution in [0, 0.1) is 0 Å². The number of anilines is 2. The molecule has 2 amide bonds. The SMILES string of the molecule is CC(=O)N1CCN(C(=O)c2ccnc(Nc3ccc(OC(C)C)cc3)c2)CC1. The van der Waals surface area contributed by atoms with Gasteiger partial charge in [0, 0.05) is 50.6 Å². The van der Waals surface area contributed by atoms with E-state index in [4.69, 9.17) is 4.74 Å². The summed E-state index contributed by atoms with van der Waals surface area (Å²) < 4.78 is 5.64. The van der Waals surface area contributed by atoms with Crippen LogP contribution in [0.1, 0.15) is 31.1 Å². The molecule has 1 aromatic carbocycles. The summed E-state index contributed by atoms with van der Waals surface area (Å²) in [5.74, 6) is 1.41. The van der Waals surface area contributed by atoms with E-state index >= 15 is 0 Å². The minimum atomic E-state index is -0.0469. The van der Waals surface area contributed by atoms with Gasteiger partial charge in [-0.15, -0.1) is 0 Å². The molecule has 0 saturated carbocycles. The number of carbonyl (C=O) groups is 2. The number of benzene rings is 1. The van der Waals surface area contributed by atoms with Crippen LogP contribution < -0.4 is 10.1 Å². The van der Waals surface area contributed by atoms with Gasteiger partial charge in [0.1, 0.15) is 11.6 Å². The van der Waals surface area contributed by atoms with Crippen LogP contribution in [0.2, 0.25) is 0 Å². The Morgan fingerprint density at radius 3 is 2.29 bits per heavy atom. The molecule has 28 heavy (non-hydrogen) atoms. The first kappa shape index (κ1) is 19.7. The molecule has 1 aliphatic rings. The summed E-state index contributed by atoms with van der Waals surface area (Å²) >= 11 is 0. The van der Waals surface area contributed by atoms with Gasteiger partial charge in [0.05, 0.1) is 6.10 Å². The lowest BCUT2D eigenvalue weighted by molar-refractivity contribution is -0.130. The van der Waals surface area contributed by atoms with E-state index in [1.54, 1.807) is 35.1 Å². The smallest absolute Gasteiger partial charge is 0.254 e. The highest BCUT2D eigenvalue weighted by Gasteiger charge is 2.23. The molecule has 7 nitrogen and oxygen atoms in total. The lowest BCUT2D eigenvalue weighted by atomic mass is 10.2. The van der Waals surface area contributed by atoms with Crippen molar-refractivity contribution in [2.24, 2.45) is 0 Å². The second-order valence-electron chi connectivity index (χ2n) is 7.04. The molecule has 1 N–H and O–H groups in total. The predicted molar refractivity (Wildman–Crippen MR) is 108 cm³/mol. The quantitative estimate of drug-likeness (QED) is 0.861. The maximum absolute atomic E-state index is 12.8. The van der Waals surface area contributed by atoms with Gasteiger partial charge in [0.15, 0.2) is 0 Å². The van der Waals surface area contributed by atoms with Gasteiger partial charge < -0.3 is 19.9 Å². The molecule has 1 aromatic heterocycles. The average Bonchev–Trinajstić information content (AvgIpc) is 2.69. The molecule has 3 rings (SSSR count). The molecule has 2 aromatic rings. The number of pyridine rings is 1. The van der Waals surface area contributed by atoms with Gasteiger partial charge in [0.2, 0.25) is 5.91 Å². The van der Waals surface area contributed by atoms with E-state index in [1.165, 1.54) is 0 Å². The van der Waals surface area contributed by atoms with Crippen molar-refractivity contribution in [1.29, 1.82) is 0 Å². The van der Waals surface area contributed by atoms with E-state index in [0.29, 0.717) is 37.6 Å². The Bertz CT molecular complexity index is 828. The lowest BCUT2D eigenvalue weighted by Crippen LogP contribution is -2.50. The van der Waals surface area contributed by atoms with E-state index in [1.807, 2.05) is 38.1 Å². The second kappa shape index (κ2) is 8.73. The van der Waals surface area contributed by atoms with E-state index < -0.39 is 0 Å². The van der Waals surface area contributed by atoms with Crippen LogP contribution in [0.15, 0.2) is 42.6 Å². The topological polar surface area (TPSA) is 74.8 Å². The van der Waals surface area contributed by atoms with Crippen LogP contribution in [0.25, 0.3) is 0 Å². The fourth-order valence-electron chi connectivity index (χ4n) is 3.08. The van der Waals surface area contributed by atoms with Crippen molar-refractivity contribution in [3.8, 4) is 5.75 Å². The Kier molecular flexibility index (Phi) is 6.13. The molecule has 7 heteroatoms. The Morgan fingerprint density at radius 1 is 1.04 bits per heavy atom. The molecule has 0 radical (unpaired) electrons. The molecule has 1 saturated heterocycles. The molecule has 0 aliphatic carbocycles. The molecule has 2 heterocycles. The van der Waals surface area contributed by atoms with Crippen LogP contribution in [0.5, 0.6) is 5.75 Å². The van der Waals surface area contributed by atoms with Gasteiger partial charge in [-0.3, -0.25) is 9.59 Å². The van der Waals surface area contributed by atoms with Crippen LogP contribution in [0.3, 0.4) is 0 Å². The Hall–Kier alpha value is -3.09. The zero-order valence-corrected chi connectivity index (χ0v) is 16.5. The first-order chi connectivity index (χ1) is 13.4. The second-order valence-corrected chi connectivity index (χ2v) is 7.04. The number of aromatic nitrogens is 1. The third-order valence-electron chi connectivity index (χ3n) is 4.52. The minimum absolute atomic E-state index is 0.0469. The van der Waals surface area contributed by atoms with Gasteiger partial charge in [0.25, 0.3) is 5.91 Å². The number of carbonyl (C=O) groups excluding carboxylic acids is 2. The van der Waals surface area contributed by atoms with E-state index in [2.05, 4.69) is 10.3 Å². The monoisotopic (exact) mass is 382 g/mol. The number of piperazine rings is 1. The fourth-order valence-corrected chi connectivity index (χ4v) is 3.08. The van der Waals surface area contributed by atoms with Crippen LogP contribution in [0.4, 0.5) is 11.5 Å². The van der Waals surface area contributed by atoms with E-state index in [0.717, 1.165) is 11.4 Å². The summed E-state index contributed by atoms with van der Waals surface area (Å²) in [7, 11) is 0. The molecule has 1 fully saturated rings. The maximum atomic E-state index is 12.8. The van der Waals surface area contributed by atoms with Crippen molar-refractivity contribution in [2.45, 2.75) is 26.9 Å². The number of hydrogen-bond donors (Lipinski definition) is 1. The highest BCUT2D eigenvalue weighted by molar-refractivity contribution is 5.95. The van der Waals surface area contributed by atoms with Crippen molar-refractivity contribution in [3.05, 3.63) is 48.2 Å². The number of hydrogen-bond acceptors (Lipinski definition) is 5. The Balaban J connectivity index is 1.64. The van der Waals surface area contributed by atoms with Gasteiger partial charge in [-0.05, 0) is 50.2 Å². The van der Waals surface area contributed by atoms with Crippen LogP contribution >= 0.6 is 0 Å². The Morgan fingerprint density at radius 2 is 1.68 bits per heavy atom. The number of rotatable bonds is 5. The van der Waals surface area contributed by atoms with E-state index in [9.17, 15) is 9.59 Å².